The van der Waals surface area contributed by atoms with Crippen molar-refractivity contribution >= 4 is 9.84 Å². The molecule has 2 N–H and O–H groups in total. The van der Waals surface area contributed by atoms with Gasteiger partial charge in [-0.2, -0.15) is 0 Å². The first kappa shape index (κ1) is 17.3. The minimum Gasteiger partial charge on any atom is -0.454 e. The van der Waals surface area contributed by atoms with Gasteiger partial charge in [-0.1, -0.05) is 24.3 Å². The van der Waals surface area contributed by atoms with Gasteiger partial charge in [0.1, 0.15) is 0 Å². The molecule has 4 rings (SSSR count). The van der Waals surface area contributed by atoms with Crippen LogP contribution in [0.15, 0.2) is 53.4 Å². The van der Waals surface area contributed by atoms with E-state index in [1.54, 1.807) is 36.4 Å². The van der Waals surface area contributed by atoms with Gasteiger partial charge in [-0.05, 0) is 36.8 Å². The van der Waals surface area contributed by atoms with E-state index in [9.17, 15) is 8.42 Å². The van der Waals surface area contributed by atoms with E-state index in [2.05, 4.69) is 0 Å². The lowest BCUT2D eigenvalue weighted by molar-refractivity contribution is 0.125. The molecule has 0 unspecified atom stereocenters. The normalized spacial score (nSPS) is 26.7. The van der Waals surface area contributed by atoms with Crippen LogP contribution in [0.2, 0.25) is 0 Å². The van der Waals surface area contributed by atoms with E-state index in [0.717, 1.165) is 5.56 Å². The molecule has 26 heavy (non-hydrogen) atoms. The number of hydrogen-bond donors (Lipinski definition) is 1. The summed E-state index contributed by atoms with van der Waals surface area (Å²) in [4.78, 5) is 0.277. The summed E-state index contributed by atoms with van der Waals surface area (Å²) >= 11 is 0. The highest BCUT2D eigenvalue weighted by Gasteiger charge is 2.69. The van der Waals surface area contributed by atoms with Crippen LogP contribution in [0.4, 0.5) is 0 Å². The number of ether oxygens (including phenoxy) is 3. The third kappa shape index (κ3) is 2.67. The van der Waals surface area contributed by atoms with Gasteiger partial charge in [-0.15, -0.1) is 0 Å². The van der Waals surface area contributed by atoms with Gasteiger partial charge in [0.2, 0.25) is 6.79 Å². The number of nitrogens with two attached hydrogens (primary N) is 1. The van der Waals surface area contributed by atoms with Gasteiger partial charge in [-0.25, -0.2) is 8.42 Å². The minimum atomic E-state index is -3.59. The monoisotopic (exact) mass is 375 g/mol. The van der Waals surface area contributed by atoms with Crippen LogP contribution in [0, 0.1) is 0 Å². The summed E-state index contributed by atoms with van der Waals surface area (Å²) in [6.07, 6.45) is 0. The van der Waals surface area contributed by atoms with Crippen molar-refractivity contribution in [2.24, 2.45) is 5.73 Å². The molecule has 0 spiro atoms. The Labute approximate surface area is 152 Å². The van der Waals surface area contributed by atoms with Crippen molar-refractivity contribution in [3.05, 3.63) is 54.1 Å². The van der Waals surface area contributed by atoms with Crippen molar-refractivity contribution in [2.75, 3.05) is 20.0 Å². The second-order valence-electron chi connectivity index (χ2n) is 6.62. The molecule has 2 aromatic carbocycles. The largest absolute Gasteiger partial charge is 0.454 e. The van der Waals surface area contributed by atoms with Crippen LogP contribution < -0.4 is 15.2 Å². The Bertz CT molecular complexity index is 915. The Balaban J connectivity index is 1.72. The maximum Gasteiger partial charge on any atom is 0.231 e. The fraction of sp³-hybridized carbons (Fsp3) is 0.368. The summed E-state index contributed by atoms with van der Waals surface area (Å²) < 4.78 is 42.7. The van der Waals surface area contributed by atoms with Crippen molar-refractivity contribution in [3.8, 4) is 11.5 Å². The van der Waals surface area contributed by atoms with E-state index in [4.69, 9.17) is 19.9 Å². The Kier molecular flexibility index (Phi) is 4.17. The van der Waals surface area contributed by atoms with Crippen molar-refractivity contribution in [1.29, 1.82) is 0 Å². The molecule has 7 heteroatoms. The number of sulfone groups is 1. The van der Waals surface area contributed by atoms with Crippen LogP contribution in [0.1, 0.15) is 18.4 Å². The zero-order valence-corrected chi connectivity index (χ0v) is 15.2. The highest BCUT2D eigenvalue weighted by atomic mass is 32.2. The number of hydrogen-bond acceptors (Lipinski definition) is 6. The van der Waals surface area contributed by atoms with Gasteiger partial charge in [0.05, 0.1) is 22.3 Å². The summed E-state index contributed by atoms with van der Waals surface area (Å²) in [6.45, 7) is 2.69. The van der Waals surface area contributed by atoms with Crippen molar-refractivity contribution < 1.29 is 22.6 Å². The Morgan fingerprint density at radius 3 is 2.62 bits per heavy atom. The van der Waals surface area contributed by atoms with Crippen molar-refractivity contribution in [2.45, 2.75) is 28.5 Å². The predicted molar refractivity (Wildman–Crippen MR) is 96.1 cm³/mol. The molecule has 1 heterocycles. The summed E-state index contributed by atoms with van der Waals surface area (Å²) in [5, 5.41) is -0.746. The van der Waals surface area contributed by atoms with E-state index >= 15 is 0 Å². The van der Waals surface area contributed by atoms with Crippen LogP contribution in [0.25, 0.3) is 0 Å². The van der Waals surface area contributed by atoms with Crippen LogP contribution in [0.3, 0.4) is 0 Å². The maximum atomic E-state index is 13.2. The molecule has 0 bridgehead atoms. The Morgan fingerprint density at radius 2 is 1.88 bits per heavy atom. The van der Waals surface area contributed by atoms with E-state index in [1.807, 2.05) is 19.1 Å². The maximum absolute atomic E-state index is 13.2. The molecule has 1 aliphatic carbocycles. The van der Waals surface area contributed by atoms with E-state index in [-0.39, 0.29) is 24.2 Å². The van der Waals surface area contributed by atoms with Crippen molar-refractivity contribution in [1.82, 2.24) is 0 Å². The fourth-order valence-electron chi connectivity index (χ4n) is 3.69. The molecule has 1 fully saturated rings. The summed E-state index contributed by atoms with van der Waals surface area (Å²) in [7, 11) is -3.59. The molecule has 6 nitrogen and oxygen atoms in total. The SMILES string of the molecule is CCOC[C@@]1(N)[C@@H](c2ccc3c(c2)OCO3)[C@@H]1S(=O)(=O)c1ccccc1. The van der Waals surface area contributed by atoms with Crippen molar-refractivity contribution in [3.63, 3.8) is 0 Å². The van der Waals surface area contributed by atoms with Gasteiger partial charge < -0.3 is 19.9 Å². The lowest BCUT2D eigenvalue weighted by Gasteiger charge is -2.12. The zero-order valence-electron chi connectivity index (χ0n) is 14.4. The molecular weight excluding hydrogens is 354 g/mol. The number of benzene rings is 2. The fourth-order valence-corrected chi connectivity index (χ4v) is 6.00. The highest BCUT2D eigenvalue weighted by Crippen LogP contribution is 2.56. The molecule has 0 radical (unpaired) electrons. The van der Waals surface area contributed by atoms with Gasteiger partial charge in [0.25, 0.3) is 0 Å². The quantitative estimate of drug-likeness (QED) is 0.832. The Hall–Kier alpha value is -2.09. The first-order valence-corrected chi connectivity index (χ1v) is 10.1. The highest BCUT2D eigenvalue weighted by molar-refractivity contribution is 7.92. The van der Waals surface area contributed by atoms with Crippen LogP contribution >= 0.6 is 0 Å². The average Bonchev–Trinajstić information content (AvgIpc) is 3.03. The third-order valence-electron chi connectivity index (χ3n) is 5.02. The summed E-state index contributed by atoms with van der Waals surface area (Å²) in [5.41, 5.74) is 6.39. The lowest BCUT2D eigenvalue weighted by atomic mass is 10.1. The average molecular weight is 375 g/mol. The summed E-state index contributed by atoms with van der Waals surface area (Å²) in [6, 6.07) is 13.9. The van der Waals surface area contributed by atoms with E-state index in [0.29, 0.717) is 18.1 Å². The number of rotatable bonds is 6. The van der Waals surface area contributed by atoms with E-state index < -0.39 is 20.6 Å². The molecule has 2 aliphatic rings. The Morgan fingerprint density at radius 1 is 1.15 bits per heavy atom. The molecule has 138 valence electrons. The third-order valence-corrected chi connectivity index (χ3v) is 7.33. The molecule has 1 aliphatic heterocycles. The second-order valence-corrected chi connectivity index (χ2v) is 8.69. The lowest BCUT2D eigenvalue weighted by Crippen LogP contribution is -2.36. The van der Waals surface area contributed by atoms with Crippen LogP contribution in [-0.4, -0.2) is 39.2 Å². The molecule has 1 saturated carbocycles. The molecule has 0 amide bonds. The van der Waals surface area contributed by atoms with E-state index in [1.165, 1.54) is 0 Å². The van der Waals surface area contributed by atoms with Gasteiger partial charge in [-0.3, -0.25) is 0 Å². The molecule has 2 aromatic rings. The molecule has 0 aromatic heterocycles. The minimum absolute atomic E-state index is 0.169. The topological polar surface area (TPSA) is 87.8 Å². The van der Waals surface area contributed by atoms with Gasteiger partial charge in [0, 0.05) is 12.5 Å². The molecule has 0 saturated heterocycles. The van der Waals surface area contributed by atoms with Gasteiger partial charge >= 0.3 is 0 Å². The first-order chi connectivity index (χ1) is 12.5. The van der Waals surface area contributed by atoms with Crippen LogP contribution in [0.5, 0.6) is 11.5 Å². The van der Waals surface area contributed by atoms with Gasteiger partial charge in [0.15, 0.2) is 21.3 Å². The standard InChI is InChI=1S/C19H21NO5S/c1-2-23-11-19(20)17(13-8-9-15-16(10-13)25-12-24-15)18(19)26(21,22)14-6-4-3-5-7-14/h3-10,17-18H,2,11-12,20H2,1H3/t17-,18-,19+/m0/s1. The summed E-state index contributed by atoms with van der Waals surface area (Å²) in [5.74, 6) is 0.905. The molecule has 3 atom stereocenters. The number of fused-ring (bicyclic) bond motifs is 1. The molecular formula is C19H21NO5S. The second kappa shape index (κ2) is 6.26. The van der Waals surface area contributed by atoms with Crippen LogP contribution in [-0.2, 0) is 14.6 Å². The zero-order chi connectivity index (χ0) is 18.4. The first-order valence-electron chi connectivity index (χ1n) is 8.53. The smallest absolute Gasteiger partial charge is 0.231 e. The predicted octanol–water partition coefficient (Wildman–Crippen LogP) is 2.09.